The van der Waals surface area contributed by atoms with Gasteiger partial charge >= 0.3 is 5.97 Å². The van der Waals surface area contributed by atoms with Crippen molar-refractivity contribution in [2.24, 2.45) is 11.7 Å². The molecule has 0 bridgehead atoms. The molecule has 0 saturated carbocycles. The quantitative estimate of drug-likeness (QED) is 0.263. The van der Waals surface area contributed by atoms with Crippen LogP contribution in [0, 0.1) is 11.3 Å². The average Bonchev–Trinajstić information content (AvgIpc) is 2.87. The number of carboxylic acids is 1. The lowest BCUT2D eigenvalue weighted by atomic mass is 9.91. The fourth-order valence-electron chi connectivity index (χ4n) is 5.22. The maximum atomic E-state index is 13.8. The van der Waals surface area contributed by atoms with E-state index in [0.29, 0.717) is 30.5 Å². The molecule has 13 heteroatoms. The second kappa shape index (κ2) is 13.8. The van der Waals surface area contributed by atoms with E-state index in [-0.39, 0.29) is 54.4 Å². The van der Waals surface area contributed by atoms with Gasteiger partial charge in [0.2, 0.25) is 15.9 Å². The van der Waals surface area contributed by atoms with Crippen LogP contribution in [0.2, 0.25) is 0 Å². The minimum absolute atomic E-state index is 0. The summed E-state index contributed by atoms with van der Waals surface area (Å²) in [7, 11) is -2.14. The lowest BCUT2D eigenvalue weighted by Crippen LogP contribution is -2.57. The van der Waals surface area contributed by atoms with Crippen LogP contribution >= 0.6 is 24.8 Å². The number of hydrogen-bond donors (Lipinski definition) is 4. The predicted octanol–water partition coefficient (Wildman–Crippen LogP) is 2.40. The first-order valence-electron chi connectivity index (χ1n) is 12.7. The van der Waals surface area contributed by atoms with Gasteiger partial charge in [-0.25, -0.2) is 13.2 Å². The Bertz CT molecular complexity index is 1360. The van der Waals surface area contributed by atoms with E-state index in [2.05, 4.69) is 9.62 Å². The first kappa shape index (κ1) is 33.5. The van der Waals surface area contributed by atoms with Gasteiger partial charge in [0.1, 0.15) is 17.9 Å². The van der Waals surface area contributed by atoms with E-state index < -0.39 is 34.0 Å². The molecule has 2 heterocycles. The number of carboxylic acid groups (broad SMARTS) is 1. The SMILES string of the molecule is C[C@@H]1CCN(C(=O)[C@H](Cc2cccc(C(=N)N)c2)NS(=O)(=O)c2ccc3c(c2)CN(C)CC3)[C@@H](C(=O)O)C1.Cl.Cl. The van der Waals surface area contributed by atoms with E-state index >= 15 is 0 Å². The Kier molecular flexibility index (Phi) is 11.5. The molecule has 220 valence electrons. The van der Waals surface area contributed by atoms with Crippen LogP contribution in [0.25, 0.3) is 0 Å². The van der Waals surface area contributed by atoms with Crippen molar-refractivity contribution in [3.05, 3.63) is 64.7 Å². The number of likely N-dealkylation sites (N-methyl/N-ethyl adjacent to an activating group) is 1. The maximum absolute atomic E-state index is 13.8. The minimum atomic E-state index is -4.12. The number of rotatable bonds is 8. The highest BCUT2D eigenvalue weighted by Crippen LogP contribution is 2.26. The molecular formula is C27H37Cl2N5O5S. The third-order valence-corrected chi connectivity index (χ3v) is 8.87. The van der Waals surface area contributed by atoms with E-state index in [0.717, 1.165) is 24.1 Å². The topological polar surface area (TPSA) is 157 Å². The van der Waals surface area contributed by atoms with Crippen LogP contribution < -0.4 is 10.5 Å². The number of amidine groups is 1. The lowest BCUT2D eigenvalue weighted by Gasteiger charge is -2.38. The van der Waals surface area contributed by atoms with Gasteiger partial charge in [0.25, 0.3) is 0 Å². The number of nitrogens with two attached hydrogens (primary N) is 1. The van der Waals surface area contributed by atoms with Crippen molar-refractivity contribution < 1.29 is 23.1 Å². The van der Waals surface area contributed by atoms with Crippen LogP contribution in [-0.4, -0.2) is 73.3 Å². The number of halogens is 2. The Balaban J connectivity index is 0.00000280. The van der Waals surface area contributed by atoms with Crippen molar-refractivity contribution in [1.29, 1.82) is 5.41 Å². The molecule has 40 heavy (non-hydrogen) atoms. The first-order valence-corrected chi connectivity index (χ1v) is 14.2. The van der Waals surface area contributed by atoms with Gasteiger partial charge in [0.15, 0.2) is 0 Å². The van der Waals surface area contributed by atoms with Crippen LogP contribution in [0.3, 0.4) is 0 Å². The predicted molar refractivity (Wildman–Crippen MR) is 158 cm³/mol. The van der Waals surface area contributed by atoms with Gasteiger partial charge < -0.3 is 20.6 Å². The molecule has 0 spiro atoms. The molecule has 2 aromatic rings. The summed E-state index contributed by atoms with van der Waals surface area (Å²) in [6.45, 7) is 3.70. The van der Waals surface area contributed by atoms with Gasteiger partial charge in [0.05, 0.1) is 4.90 Å². The third kappa shape index (κ3) is 7.73. The third-order valence-electron chi connectivity index (χ3n) is 7.40. The van der Waals surface area contributed by atoms with Gasteiger partial charge in [0, 0.05) is 25.2 Å². The number of nitrogens with one attached hydrogen (secondary N) is 2. The number of benzene rings is 2. The number of fused-ring (bicyclic) bond motifs is 1. The molecule has 5 N–H and O–H groups in total. The van der Waals surface area contributed by atoms with E-state index in [9.17, 15) is 23.1 Å². The molecule has 0 unspecified atom stereocenters. The number of carbonyl (C=O) groups excluding carboxylic acids is 1. The van der Waals surface area contributed by atoms with Gasteiger partial charge in [-0.15, -0.1) is 24.8 Å². The number of piperidine rings is 1. The molecule has 10 nitrogen and oxygen atoms in total. The van der Waals surface area contributed by atoms with Crippen LogP contribution in [0.1, 0.15) is 42.0 Å². The second-order valence-electron chi connectivity index (χ2n) is 10.4. The zero-order valence-corrected chi connectivity index (χ0v) is 24.9. The molecule has 2 aromatic carbocycles. The van der Waals surface area contributed by atoms with Crippen molar-refractivity contribution in [2.45, 2.75) is 56.1 Å². The van der Waals surface area contributed by atoms with Gasteiger partial charge in [-0.2, -0.15) is 4.72 Å². The standard InChI is InChI=1S/C27H35N5O5S.2ClH/c1-17-8-11-32(24(12-17)27(34)35)26(33)23(14-18-4-3-5-20(13-18)25(28)29)30-38(36,37)22-7-6-19-9-10-31(2)16-21(19)15-22;;/h3-7,13,15,17,23-24,30H,8-12,14,16H2,1-2H3,(H3,28,29)(H,34,35);2*1H/t17-,23+,24-;;/m1../s1. The van der Waals surface area contributed by atoms with Crippen molar-refractivity contribution >= 4 is 52.5 Å². The number of amides is 1. The largest absolute Gasteiger partial charge is 0.480 e. The summed E-state index contributed by atoms with van der Waals surface area (Å²) in [4.78, 5) is 29.3. The summed E-state index contributed by atoms with van der Waals surface area (Å²) < 4.78 is 29.7. The van der Waals surface area contributed by atoms with E-state index in [1.807, 2.05) is 20.0 Å². The molecule has 3 atom stereocenters. The smallest absolute Gasteiger partial charge is 0.326 e. The van der Waals surface area contributed by atoms with Crippen LogP contribution in [-0.2, 0) is 39.0 Å². The summed E-state index contributed by atoms with van der Waals surface area (Å²) in [5, 5.41) is 17.5. The molecular weight excluding hydrogens is 577 g/mol. The summed E-state index contributed by atoms with van der Waals surface area (Å²) in [5.41, 5.74) is 8.70. The summed E-state index contributed by atoms with van der Waals surface area (Å²) in [6, 6.07) is 9.45. The highest BCUT2D eigenvalue weighted by atomic mass is 35.5. The molecule has 1 fully saturated rings. The second-order valence-corrected chi connectivity index (χ2v) is 12.1. The first-order chi connectivity index (χ1) is 17.9. The number of likely N-dealkylation sites (tertiary alicyclic amines) is 1. The average molecular weight is 615 g/mol. The highest BCUT2D eigenvalue weighted by Gasteiger charge is 2.39. The van der Waals surface area contributed by atoms with Crippen LogP contribution in [0.5, 0.6) is 0 Å². The molecule has 0 aromatic heterocycles. The zero-order chi connectivity index (χ0) is 27.6. The number of nitrogen functional groups attached to an aromatic ring is 1. The fraction of sp³-hybridized carbons (Fsp3) is 0.444. The van der Waals surface area contributed by atoms with Crippen molar-refractivity contribution in [2.75, 3.05) is 20.1 Å². The van der Waals surface area contributed by atoms with E-state index in [1.54, 1.807) is 36.4 Å². The van der Waals surface area contributed by atoms with E-state index in [4.69, 9.17) is 11.1 Å². The fourth-order valence-corrected chi connectivity index (χ4v) is 6.46. The molecule has 0 radical (unpaired) electrons. The normalized spacial score (nSPS) is 19.9. The van der Waals surface area contributed by atoms with Gasteiger partial charge in [-0.05, 0) is 73.5 Å². The molecule has 4 rings (SSSR count). The van der Waals surface area contributed by atoms with E-state index in [1.165, 1.54) is 4.90 Å². The number of hydrogen-bond acceptors (Lipinski definition) is 6. The molecule has 1 amide bonds. The summed E-state index contributed by atoms with van der Waals surface area (Å²) in [6.07, 6.45) is 1.74. The zero-order valence-electron chi connectivity index (χ0n) is 22.5. The maximum Gasteiger partial charge on any atom is 0.326 e. The minimum Gasteiger partial charge on any atom is -0.480 e. The monoisotopic (exact) mass is 613 g/mol. The van der Waals surface area contributed by atoms with Crippen molar-refractivity contribution in [1.82, 2.24) is 14.5 Å². The molecule has 2 aliphatic rings. The summed E-state index contributed by atoms with van der Waals surface area (Å²) in [5.74, 6) is -1.70. The van der Waals surface area contributed by atoms with Crippen LogP contribution in [0.4, 0.5) is 0 Å². The summed E-state index contributed by atoms with van der Waals surface area (Å²) >= 11 is 0. The van der Waals surface area contributed by atoms with Gasteiger partial charge in [-0.3, -0.25) is 10.2 Å². The van der Waals surface area contributed by atoms with Crippen molar-refractivity contribution in [3.8, 4) is 0 Å². The van der Waals surface area contributed by atoms with Crippen LogP contribution in [0.15, 0.2) is 47.4 Å². The Morgan fingerprint density at radius 2 is 1.88 bits per heavy atom. The Labute approximate surface area is 247 Å². The molecule has 0 aliphatic carbocycles. The lowest BCUT2D eigenvalue weighted by molar-refractivity contribution is -0.153. The highest BCUT2D eigenvalue weighted by molar-refractivity contribution is 7.89. The van der Waals surface area contributed by atoms with Crippen molar-refractivity contribution in [3.63, 3.8) is 0 Å². The molecule has 1 saturated heterocycles. The number of carbonyl (C=O) groups is 2. The Morgan fingerprint density at radius 3 is 2.55 bits per heavy atom. The Hall–Kier alpha value is -2.70. The number of nitrogens with zero attached hydrogens (tertiary/aromatic N) is 2. The van der Waals surface area contributed by atoms with Gasteiger partial charge in [-0.1, -0.05) is 31.2 Å². The Morgan fingerprint density at radius 1 is 1.15 bits per heavy atom. The molecule has 2 aliphatic heterocycles. The number of sulfonamides is 1. The number of aliphatic carboxylic acids is 1.